The van der Waals surface area contributed by atoms with Crippen molar-refractivity contribution >= 4 is 40.3 Å². The molecule has 122 valence electrons. The number of fused-ring (bicyclic) bond motifs is 1. The molecule has 1 atom stereocenters. The van der Waals surface area contributed by atoms with Gasteiger partial charge < -0.3 is 20.3 Å². The van der Waals surface area contributed by atoms with Crippen molar-refractivity contribution in [1.82, 2.24) is 15.2 Å². The molecule has 1 heterocycles. The minimum absolute atomic E-state index is 0.375. The fourth-order valence-corrected chi connectivity index (χ4v) is 2.37. The van der Waals surface area contributed by atoms with Crippen LogP contribution >= 0.6 is 11.6 Å². The summed E-state index contributed by atoms with van der Waals surface area (Å²) in [6, 6.07) is 6.10. The minimum Gasteiger partial charge on any atom is -0.480 e. The molecule has 1 aromatic carbocycles. The molecular weight excluding hydrogens is 322 g/mol. The summed E-state index contributed by atoms with van der Waals surface area (Å²) in [4.78, 5) is 34.4. The van der Waals surface area contributed by atoms with Crippen LogP contribution in [0.1, 0.15) is 17.4 Å². The van der Waals surface area contributed by atoms with Crippen molar-refractivity contribution in [3.05, 3.63) is 35.0 Å². The lowest BCUT2D eigenvalue weighted by molar-refractivity contribution is -0.138. The topological polar surface area (TPSA) is 100 Å². The molecule has 0 aliphatic heterocycles. The standard InChI is InChI=1S/C15H16ClN3O4/c1-8(14(22)17-7-13(20)21)18-15(23)12-6-9-5-10(16)3-4-11(9)19(12)2/h3-6,8H,7H2,1-2H3,(H,17,22)(H,18,23)(H,20,21)/t8-/m0/s1. The van der Waals surface area contributed by atoms with Gasteiger partial charge in [0.2, 0.25) is 5.91 Å². The molecule has 2 rings (SSSR count). The largest absolute Gasteiger partial charge is 0.480 e. The number of nitrogens with one attached hydrogen (secondary N) is 2. The fraction of sp³-hybridized carbons (Fsp3) is 0.267. The number of aliphatic carboxylic acids is 1. The van der Waals surface area contributed by atoms with Crippen LogP contribution in [0.25, 0.3) is 10.9 Å². The van der Waals surface area contributed by atoms with Crippen LogP contribution in [-0.4, -0.2) is 40.0 Å². The first-order valence-corrected chi connectivity index (χ1v) is 7.22. The highest BCUT2D eigenvalue weighted by Gasteiger charge is 2.19. The molecule has 0 radical (unpaired) electrons. The second-order valence-electron chi connectivity index (χ2n) is 5.10. The smallest absolute Gasteiger partial charge is 0.322 e. The van der Waals surface area contributed by atoms with Crippen molar-refractivity contribution in [2.24, 2.45) is 7.05 Å². The van der Waals surface area contributed by atoms with E-state index in [1.165, 1.54) is 6.92 Å². The molecular formula is C15H16ClN3O4. The Hall–Kier alpha value is -2.54. The van der Waals surface area contributed by atoms with Gasteiger partial charge in [-0.25, -0.2) is 0 Å². The van der Waals surface area contributed by atoms with Gasteiger partial charge in [-0.15, -0.1) is 0 Å². The third kappa shape index (κ3) is 3.81. The maximum absolute atomic E-state index is 12.3. The molecule has 7 nitrogen and oxygen atoms in total. The van der Waals surface area contributed by atoms with Crippen LogP contribution in [0.5, 0.6) is 0 Å². The summed E-state index contributed by atoms with van der Waals surface area (Å²) in [5.41, 5.74) is 1.21. The van der Waals surface area contributed by atoms with E-state index in [2.05, 4.69) is 10.6 Å². The molecule has 8 heteroatoms. The molecule has 0 bridgehead atoms. The Morgan fingerprint density at radius 2 is 2.00 bits per heavy atom. The van der Waals surface area contributed by atoms with Gasteiger partial charge in [0.15, 0.2) is 0 Å². The lowest BCUT2D eigenvalue weighted by Crippen LogP contribution is -2.46. The number of hydrogen-bond donors (Lipinski definition) is 3. The van der Waals surface area contributed by atoms with Crippen LogP contribution in [0.3, 0.4) is 0 Å². The Morgan fingerprint density at radius 3 is 2.65 bits per heavy atom. The number of carboxylic acid groups (broad SMARTS) is 1. The van der Waals surface area contributed by atoms with E-state index >= 15 is 0 Å². The van der Waals surface area contributed by atoms with Gasteiger partial charge in [0.1, 0.15) is 18.3 Å². The number of hydrogen-bond acceptors (Lipinski definition) is 3. The zero-order valence-corrected chi connectivity index (χ0v) is 13.3. The number of aryl methyl sites for hydroxylation is 1. The number of rotatable bonds is 5. The molecule has 0 fully saturated rings. The van der Waals surface area contributed by atoms with Crippen LogP contribution < -0.4 is 10.6 Å². The zero-order valence-electron chi connectivity index (χ0n) is 12.6. The molecule has 23 heavy (non-hydrogen) atoms. The first kappa shape index (κ1) is 16.8. The summed E-state index contributed by atoms with van der Waals surface area (Å²) in [7, 11) is 1.74. The van der Waals surface area contributed by atoms with Crippen molar-refractivity contribution in [2.75, 3.05) is 6.54 Å². The van der Waals surface area contributed by atoms with Gasteiger partial charge >= 0.3 is 5.97 Å². The summed E-state index contributed by atoms with van der Waals surface area (Å²) in [6.45, 7) is 0.986. The molecule has 2 amide bonds. The van der Waals surface area contributed by atoms with Gasteiger partial charge in [0.05, 0.1) is 0 Å². The molecule has 3 N–H and O–H groups in total. The second kappa shape index (κ2) is 6.70. The number of nitrogens with zero attached hydrogens (tertiary/aromatic N) is 1. The van der Waals surface area contributed by atoms with E-state index in [1.807, 2.05) is 0 Å². The van der Waals surface area contributed by atoms with Crippen molar-refractivity contribution < 1.29 is 19.5 Å². The first-order chi connectivity index (χ1) is 10.8. The molecule has 0 saturated heterocycles. The van der Waals surface area contributed by atoms with Crippen LogP contribution in [-0.2, 0) is 16.6 Å². The van der Waals surface area contributed by atoms with Crippen LogP contribution in [0, 0.1) is 0 Å². The third-order valence-corrected chi connectivity index (χ3v) is 3.63. The monoisotopic (exact) mass is 337 g/mol. The first-order valence-electron chi connectivity index (χ1n) is 6.85. The number of carbonyl (C=O) groups excluding carboxylic acids is 2. The maximum Gasteiger partial charge on any atom is 0.322 e. The number of benzene rings is 1. The molecule has 0 aliphatic rings. The predicted molar refractivity (Wildman–Crippen MR) is 85.5 cm³/mol. The van der Waals surface area contributed by atoms with E-state index in [-0.39, 0.29) is 0 Å². The summed E-state index contributed by atoms with van der Waals surface area (Å²) < 4.78 is 1.70. The van der Waals surface area contributed by atoms with E-state index in [4.69, 9.17) is 16.7 Å². The Bertz CT molecular complexity index is 784. The van der Waals surface area contributed by atoms with Crippen LogP contribution in [0.15, 0.2) is 24.3 Å². The molecule has 0 spiro atoms. The van der Waals surface area contributed by atoms with E-state index in [0.29, 0.717) is 10.7 Å². The van der Waals surface area contributed by atoms with Crippen LogP contribution in [0.4, 0.5) is 0 Å². The Labute approximate surface area is 137 Å². The van der Waals surface area contributed by atoms with Crippen molar-refractivity contribution in [1.29, 1.82) is 0 Å². The summed E-state index contributed by atoms with van der Waals surface area (Å²) >= 11 is 5.94. The van der Waals surface area contributed by atoms with Gasteiger partial charge in [-0.3, -0.25) is 14.4 Å². The van der Waals surface area contributed by atoms with E-state index in [0.717, 1.165) is 10.9 Å². The maximum atomic E-state index is 12.3. The molecule has 0 unspecified atom stereocenters. The van der Waals surface area contributed by atoms with Gasteiger partial charge in [-0.2, -0.15) is 0 Å². The number of amides is 2. The highest BCUT2D eigenvalue weighted by atomic mass is 35.5. The van der Waals surface area contributed by atoms with Crippen molar-refractivity contribution in [3.63, 3.8) is 0 Å². The molecule has 0 saturated carbocycles. The highest BCUT2D eigenvalue weighted by molar-refractivity contribution is 6.31. The number of carbonyl (C=O) groups is 3. The van der Waals surface area contributed by atoms with Crippen molar-refractivity contribution in [3.8, 4) is 0 Å². The lowest BCUT2D eigenvalue weighted by atomic mass is 10.2. The number of halogens is 1. The van der Waals surface area contributed by atoms with E-state index in [9.17, 15) is 14.4 Å². The number of aromatic nitrogens is 1. The fourth-order valence-electron chi connectivity index (χ4n) is 2.19. The van der Waals surface area contributed by atoms with Crippen LogP contribution in [0.2, 0.25) is 5.02 Å². The SMILES string of the molecule is C[C@H](NC(=O)c1cc2cc(Cl)ccc2n1C)C(=O)NCC(=O)O. The average Bonchev–Trinajstić information content (AvgIpc) is 2.81. The highest BCUT2D eigenvalue weighted by Crippen LogP contribution is 2.22. The number of carboxylic acids is 1. The second-order valence-corrected chi connectivity index (χ2v) is 5.53. The predicted octanol–water partition coefficient (Wildman–Crippen LogP) is 1.15. The Kier molecular flexibility index (Phi) is 4.90. The minimum atomic E-state index is -1.15. The normalized spacial score (nSPS) is 12.0. The van der Waals surface area contributed by atoms with Gasteiger partial charge in [-0.1, -0.05) is 11.6 Å². The Morgan fingerprint density at radius 1 is 1.30 bits per heavy atom. The van der Waals surface area contributed by atoms with Gasteiger partial charge in [-0.05, 0) is 31.2 Å². The quantitative estimate of drug-likeness (QED) is 0.762. The molecule has 0 aliphatic carbocycles. The molecule has 2 aromatic rings. The summed E-state index contributed by atoms with van der Waals surface area (Å²) in [5, 5.41) is 14.7. The third-order valence-electron chi connectivity index (χ3n) is 3.39. The lowest BCUT2D eigenvalue weighted by Gasteiger charge is -2.13. The summed E-state index contributed by atoms with van der Waals surface area (Å²) in [5.74, 6) is -2.15. The van der Waals surface area contributed by atoms with E-state index < -0.39 is 30.4 Å². The zero-order chi connectivity index (χ0) is 17.1. The van der Waals surface area contributed by atoms with Gasteiger partial charge in [0.25, 0.3) is 5.91 Å². The Balaban J connectivity index is 2.13. The average molecular weight is 338 g/mol. The van der Waals surface area contributed by atoms with Gasteiger partial charge in [0, 0.05) is 23.0 Å². The van der Waals surface area contributed by atoms with Crippen molar-refractivity contribution in [2.45, 2.75) is 13.0 Å². The molecule has 1 aromatic heterocycles. The van der Waals surface area contributed by atoms with E-state index in [1.54, 1.807) is 35.9 Å². The summed E-state index contributed by atoms with van der Waals surface area (Å²) in [6.07, 6.45) is 0.